The van der Waals surface area contributed by atoms with E-state index in [1.165, 1.54) is 0 Å². The summed E-state index contributed by atoms with van der Waals surface area (Å²) in [6.45, 7) is 2.14. The molecule has 1 saturated heterocycles. The van der Waals surface area contributed by atoms with Crippen molar-refractivity contribution in [2.24, 2.45) is 0 Å². The molecule has 0 aromatic carbocycles. The highest BCUT2D eigenvalue weighted by molar-refractivity contribution is 7.14. The van der Waals surface area contributed by atoms with Crippen molar-refractivity contribution < 1.29 is 5.11 Å². The van der Waals surface area contributed by atoms with Crippen molar-refractivity contribution in [2.75, 3.05) is 19.7 Å². The summed E-state index contributed by atoms with van der Waals surface area (Å²) >= 11 is 0. The van der Waals surface area contributed by atoms with Crippen molar-refractivity contribution in [2.45, 2.75) is 12.0 Å². The second-order valence-electron chi connectivity index (χ2n) is 2.80. The molecule has 3 atom stereocenters. The Morgan fingerprint density at radius 1 is 1.70 bits per heavy atom. The molecular weight excluding hydrogens is 166 g/mol. The van der Waals surface area contributed by atoms with E-state index in [1.54, 1.807) is 0 Å². The molecular formula is C5H14N2OP2. The van der Waals surface area contributed by atoms with Crippen LogP contribution in [0.3, 0.4) is 0 Å². The molecule has 1 heterocycles. The molecule has 1 aliphatic heterocycles. The quantitative estimate of drug-likeness (QED) is 0.567. The molecule has 2 N–H and O–H groups in total. The van der Waals surface area contributed by atoms with Gasteiger partial charge < -0.3 is 5.11 Å². The highest BCUT2D eigenvalue weighted by atomic mass is 31.0. The predicted octanol–water partition coefficient (Wildman–Crippen LogP) is -0.407. The Balaban J connectivity index is 2.51. The van der Waals surface area contributed by atoms with Gasteiger partial charge in [-0.05, 0) is 6.42 Å². The zero-order valence-electron chi connectivity index (χ0n) is 5.88. The minimum atomic E-state index is -0.0770. The highest BCUT2D eigenvalue weighted by Crippen LogP contribution is 2.23. The fraction of sp³-hybridized carbons (Fsp3) is 1.00. The average molecular weight is 180 g/mol. The standard InChI is InChI=1S/C5H14N2OP2/c8-4-5(6-9)1-2-7(10)3-5/h6,8H,1-4,9-10H2/t5-/m0/s1. The van der Waals surface area contributed by atoms with E-state index in [2.05, 4.69) is 28.5 Å². The number of aliphatic hydroxyl groups is 1. The van der Waals surface area contributed by atoms with E-state index < -0.39 is 0 Å². The van der Waals surface area contributed by atoms with Crippen molar-refractivity contribution in [3.63, 3.8) is 0 Å². The van der Waals surface area contributed by atoms with Crippen LogP contribution in [0.5, 0.6) is 0 Å². The van der Waals surface area contributed by atoms with Crippen LogP contribution in [0.25, 0.3) is 0 Å². The van der Waals surface area contributed by atoms with Gasteiger partial charge in [0.25, 0.3) is 0 Å². The van der Waals surface area contributed by atoms with E-state index in [0.29, 0.717) is 0 Å². The first-order valence-electron chi connectivity index (χ1n) is 3.31. The van der Waals surface area contributed by atoms with Crippen LogP contribution in [0.1, 0.15) is 6.42 Å². The molecule has 0 bridgehead atoms. The van der Waals surface area contributed by atoms with Crippen LogP contribution in [-0.2, 0) is 0 Å². The van der Waals surface area contributed by atoms with Crippen molar-refractivity contribution in [3.8, 4) is 0 Å². The summed E-state index contributed by atoms with van der Waals surface area (Å²) in [5.74, 6) is 0. The first-order valence-corrected chi connectivity index (χ1v) is 4.40. The van der Waals surface area contributed by atoms with Crippen molar-refractivity contribution in [1.82, 2.24) is 9.76 Å². The number of rotatable bonds is 2. The number of hydrogen-bond acceptors (Lipinski definition) is 3. The summed E-state index contributed by atoms with van der Waals surface area (Å²) in [7, 11) is 5.11. The van der Waals surface area contributed by atoms with E-state index in [1.807, 2.05) is 0 Å². The van der Waals surface area contributed by atoms with Crippen LogP contribution >= 0.6 is 18.8 Å². The molecule has 0 aromatic heterocycles. The Morgan fingerprint density at radius 3 is 2.60 bits per heavy atom. The van der Waals surface area contributed by atoms with Gasteiger partial charge in [0.05, 0.1) is 12.1 Å². The van der Waals surface area contributed by atoms with Crippen LogP contribution in [0, 0.1) is 0 Å². The van der Waals surface area contributed by atoms with Gasteiger partial charge in [0.15, 0.2) is 0 Å². The SMILES string of the molecule is OC[C@]1(NP)CCN(P)C1. The van der Waals surface area contributed by atoms with Gasteiger partial charge in [-0.1, -0.05) is 18.8 Å². The number of aliphatic hydroxyl groups excluding tert-OH is 1. The molecule has 0 aromatic rings. The fourth-order valence-electron chi connectivity index (χ4n) is 1.20. The minimum absolute atomic E-state index is 0.0770. The molecule has 0 spiro atoms. The Morgan fingerprint density at radius 2 is 2.40 bits per heavy atom. The Kier molecular flexibility index (Phi) is 3.02. The van der Waals surface area contributed by atoms with E-state index in [9.17, 15) is 0 Å². The van der Waals surface area contributed by atoms with Crippen molar-refractivity contribution >= 4 is 18.8 Å². The summed E-state index contributed by atoms with van der Waals surface area (Å²) in [4.78, 5) is 0. The first kappa shape index (κ1) is 8.83. The van der Waals surface area contributed by atoms with E-state index in [0.717, 1.165) is 19.5 Å². The van der Waals surface area contributed by atoms with Gasteiger partial charge in [0, 0.05) is 13.1 Å². The summed E-state index contributed by atoms with van der Waals surface area (Å²) < 4.78 is 2.13. The van der Waals surface area contributed by atoms with Gasteiger partial charge in [-0.15, -0.1) is 0 Å². The van der Waals surface area contributed by atoms with Crippen LogP contribution in [-0.4, -0.2) is 35.0 Å². The number of nitrogens with zero attached hydrogens (tertiary/aromatic N) is 1. The zero-order chi connectivity index (χ0) is 7.61. The molecule has 0 amide bonds. The molecule has 2 unspecified atom stereocenters. The van der Waals surface area contributed by atoms with Gasteiger partial charge in [-0.3, -0.25) is 9.76 Å². The second-order valence-corrected chi connectivity index (χ2v) is 3.82. The van der Waals surface area contributed by atoms with E-state index in [-0.39, 0.29) is 12.1 Å². The maximum atomic E-state index is 9.02. The normalized spacial score (nSPS) is 35.1. The van der Waals surface area contributed by atoms with Gasteiger partial charge >= 0.3 is 0 Å². The topological polar surface area (TPSA) is 35.5 Å². The molecule has 3 nitrogen and oxygen atoms in total. The summed E-state index contributed by atoms with van der Waals surface area (Å²) in [6.07, 6.45) is 1.01. The average Bonchev–Trinajstić information content (AvgIpc) is 2.33. The van der Waals surface area contributed by atoms with Crippen LogP contribution in [0.15, 0.2) is 0 Å². The smallest absolute Gasteiger partial charge is 0.0629 e. The van der Waals surface area contributed by atoms with Gasteiger partial charge in [0.2, 0.25) is 0 Å². The maximum absolute atomic E-state index is 9.02. The van der Waals surface area contributed by atoms with Gasteiger partial charge in [-0.25, -0.2) is 0 Å². The third-order valence-corrected chi connectivity index (χ3v) is 3.05. The van der Waals surface area contributed by atoms with Crippen molar-refractivity contribution in [3.05, 3.63) is 0 Å². The largest absolute Gasteiger partial charge is 0.394 e. The lowest BCUT2D eigenvalue weighted by molar-refractivity contribution is 0.194. The van der Waals surface area contributed by atoms with E-state index >= 15 is 0 Å². The molecule has 0 aliphatic carbocycles. The molecule has 5 heteroatoms. The molecule has 1 fully saturated rings. The number of hydrogen-bond donors (Lipinski definition) is 2. The zero-order valence-corrected chi connectivity index (χ0v) is 8.19. The second kappa shape index (κ2) is 3.42. The lowest BCUT2D eigenvalue weighted by Crippen LogP contribution is -2.44. The molecule has 1 aliphatic rings. The molecule has 60 valence electrons. The van der Waals surface area contributed by atoms with E-state index in [4.69, 9.17) is 5.11 Å². The summed E-state index contributed by atoms with van der Waals surface area (Å²) in [5.41, 5.74) is -0.0770. The van der Waals surface area contributed by atoms with Crippen LogP contribution in [0.4, 0.5) is 0 Å². The third-order valence-electron chi connectivity index (χ3n) is 1.99. The monoisotopic (exact) mass is 180 g/mol. The summed E-state index contributed by atoms with van der Waals surface area (Å²) in [6, 6.07) is 0. The third kappa shape index (κ3) is 1.66. The Bertz CT molecular complexity index is 118. The van der Waals surface area contributed by atoms with Crippen molar-refractivity contribution in [1.29, 1.82) is 0 Å². The Hall–Kier alpha value is 0.740. The maximum Gasteiger partial charge on any atom is 0.0629 e. The predicted molar refractivity (Wildman–Crippen MR) is 48.6 cm³/mol. The van der Waals surface area contributed by atoms with Crippen LogP contribution < -0.4 is 5.09 Å². The van der Waals surface area contributed by atoms with Crippen LogP contribution in [0.2, 0.25) is 0 Å². The minimum Gasteiger partial charge on any atom is -0.394 e. The Labute approximate surface area is 66.1 Å². The molecule has 10 heavy (non-hydrogen) atoms. The molecule has 0 saturated carbocycles. The lowest BCUT2D eigenvalue weighted by Gasteiger charge is -2.25. The first-order chi connectivity index (χ1) is 4.72. The summed E-state index contributed by atoms with van der Waals surface area (Å²) in [5, 5.41) is 12.1. The van der Waals surface area contributed by atoms with Gasteiger partial charge in [0.1, 0.15) is 0 Å². The fourth-order valence-corrected chi connectivity index (χ4v) is 2.00. The number of nitrogens with one attached hydrogen (secondary N) is 1. The lowest BCUT2D eigenvalue weighted by atomic mass is 10.0. The molecule has 0 radical (unpaired) electrons. The van der Waals surface area contributed by atoms with Gasteiger partial charge in [-0.2, -0.15) is 0 Å². The highest BCUT2D eigenvalue weighted by Gasteiger charge is 2.34. The molecule has 1 rings (SSSR count).